The average molecular weight is 334 g/mol. The third-order valence-corrected chi connectivity index (χ3v) is 4.12. The van der Waals surface area contributed by atoms with Crippen LogP contribution in [0.25, 0.3) is 0 Å². The Bertz CT molecular complexity index is 538. The van der Waals surface area contributed by atoms with Crippen LogP contribution in [0.15, 0.2) is 24.5 Å². The number of nitrogens with zero attached hydrogens (tertiary/aromatic N) is 3. The first kappa shape index (κ1) is 18.2. The number of nitrogens with one attached hydrogen (secondary N) is 1. The number of amides is 3. The molecule has 1 saturated heterocycles. The second-order valence-electron chi connectivity index (χ2n) is 5.89. The molecule has 0 saturated carbocycles. The fourth-order valence-electron chi connectivity index (χ4n) is 2.97. The number of likely N-dealkylation sites (tertiary alicyclic amines) is 1. The molecule has 2 rings (SSSR count). The van der Waals surface area contributed by atoms with Crippen LogP contribution in [0.4, 0.5) is 4.79 Å². The average Bonchev–Trinajstić information content (AvgIpc) is 2.61. The number of hydrogen-bond donors (Lipinski definition) is 1. The van der Waals surface area contributed by atoms with Crippen molar-refractivity contribution in [3.05, 3.63) is 30.1 Å². The molecule has 1 aliphatic rings. The van der Waals surface area contributed by atoms with E-state index in [1.807, 2.05) is 24.0 Å². The van der Waals surface area contributed by atoms with Gasteiger partial charge in [0.25, 0.3) is 0 Å². The molecule has 0 aliphatic carbocycles. The molecular weight excluding hydrogens is 308 g/mol. The first-order valence-corrected chi connectivity index (χ1v) is 8.35. The third kappa shape index (κ3) is 4.92. The van der Waals surface area contributed by atoms with Crippen molar-refractivity contribution in [3.8, 4) is 0 Å². The van der Waals surface area contributed by atoms with E-state index in [9.17, 15) is 9.59 Å². The summed E-state index contributed by atoms with van der Waals surface area (Å²) in [5.41, 5.74) is 0.970. The number of urea groups is 1. The summed E-state index contributed by atoms with van der Waals surface area (Å²) in [5, 5.41) is 2.83. The fourth-order valence-corrected chi connectivity index (χ4v) is 2.97. The fraction of sp³-hybridized carbons (Fsp3) is 0.588. The van der Waals surface area contributed by atoms with Gasteiger partial charge in [-0.3, -0.25) is 9.78 Å². The van der Waals surface area contributed by atoms with Crippen LogP contribution in [0.1, 0.15) is 25.3 Å². The zero-order valence-corrected chi connectivity index (χ0v) is 14.4. The lowest BCUT2D eigenvalue weighted by molar-refractivity contribution is -0.139. The minimum absolute atomic E-state index is 0.00999. The Labute approximate surface area is 143 Å². The monoisotopic (exact) mass is 334 g/mol. The van der Waals surface area contributed by atoms with Gasteiger partial charge in [-0.15, -0.1) is 0 Å². The van der Waals surface area contributed by atoms with Crippen molar-refractivity contribution in [2.45, 2.75) is 32.4 Å². The molecule has 1 atom stereocenters. The normalized spacial score (nSPS) is 17.4. The van der Waals surface area contributed by atoms with Crippen molar-refractivity contribution in [2.24, 2.45) is 0 Å². The Morgan fingerprint density at radius 2 is 2.33 bits per heavy atom. The highest BCUT2D eigenvalue weighted by Crippen LogP contribution is 2.19. The largest absolute Gasteiger partial charge is 0.375 e. The number of aromatic nitrogens is 1. The molecule has 1 aromatic heterocycles. The topological polar surface area (TPSA) is 74.8 Å². The molecule has 3 amide bonds. The number of ether oxygens (including phenoxy) is 1. The summed E-state index contributed by atoms with van der Waals surface area (Å²) >= 11 is 0. The lowest BCUT2D eigenvalue weighted by atomic mass is 10.0. The van der Waals surface area contributed by atoms with Crippen molar-refractivity contribution in [1.82, 2.24) is 20.1 Å². The molecule has 0 aromatic carbocycles. The SMILES string of the molecule is CCNC(=O)N1CCCC(N(Cc2cccnc2)C(=O)COC)C1. The quantitative estimate of drug-likeness (QED) is 0.850. The number of rotatable bonds is 6. The number of hydrogen-bond acceptors (Lipinski definition) is 4. The molecule has 1 aliphatic heterocycles. The van der Waals surface area contributed by atoms with Gasteiger partial charge in [-0.05, 0) is 31.4 Å². The third-order valence-electron chi connectivity index (χ3n) is 4.12. The minimum Gasteiger partial charge on any atom is -0.375 e. The summed E-state index contributed by atoms with van der Waals surface area (Å²) in [6.45, 7) is 4.28. The molecule has 1 unspecified atom stereocenters. The number of piperidine rings is 1. The highest BCUT2D eigenvalue weighted by atomic mass is 16.5. The van der Waals surface area contributed by atoms with Crippen molar-refractivity contribution in [3.63, 3.8) is 0 Å². The van der Waals surface area contributed by atoms with Gasteiger partial charge in [0.2, 0.25) is 5.91 Å². The Balaban J connectivity index is 2.10. The van der Waals surface area contributed by atoms with Gasteiger partial charge >= 0.3 is 6.03 Å². The van der Waals surface area contributed by atoms with Crippen LogP contribution in [0.2, 0.25) is 0 Å². The molecule has 1 fully saturated rings. The molecular formula is C17H26N4O3. The molecule has 0 radical (unpaired) electrons. The van der Waals surface area contributed by atoms with E-state index < -0.39 is 0 Å². The molecule has 7 nitrogen and oxygen atoms in total. The molecule has 2 heterocycles. The van der Waals surface area contributed by atoms with Crippen molar-refractivity contribution >= 4 is 11.9 Å². The highest BCUT2D eigenvalue weighted by molar-refractivity contribution is 5.78. The summed E-state index contributed by atoms with van der Waals surface area (Å²) in [4.78, 5) is 32.3. The molecule has 1 N–H and O–H groups in total. The Morgan fingerprint density at radius 1 is 1.50 bits per heavy atom. The second-order valence-corrected chi connectivity index (χ2v) is 5.89. The van der Waals surface area contributed by atoms with Crippen LogP contribution in [0.5, 0.6) is 0 Å². The van der Waals surface area contributed by atoms with E-state index in [0.29, 0.717) is 19.6 Å². The predicted octanol–water partition coefficient (Wildman–Crippen LogP) is 1.25. The van der Waals surface area contributed by atoms with Crippen LogP contribution in [-0.4, -0.2) is 66.1 Å². The standard InChI is InChI=1S/C17H26N4O3/c1-3-19-17(23)20-9-5-7-15(12-20)21(16(22)13-24-2)11-14-6-4-8-18-10-14/h4,6,8,10,15H,3,5,7,9,11-13H2,1-2H3,(H,19,23). The summed E-state index contributed by atoms with van der Waals surface area (Å²) in [7, 11) is 1.52. The van der Waals surface area contributed by atoms with Crippen LogP contribution in [0, 0.1) is 0 Å². The van der Waals surface area contributed by atoms with Gasteiger partial charge in [0.1, 0.15) is 6.61 Å². The van der Waals surface area contributed by atoms with E-state index in [0.717, 1.165) is 24.9 Å². The van der Waals surface area contributed by atoms with E-state index in [1.54, 1.807) is 17.3 Å². The molecule has 0 spiro atoms. The van der Waals surface area contributed by atoms with E-state index in [4.69, 9.17) is 4.74 Å². The maximum absolute atomic E-state index is 12.5. The van der Waals surface area contributed by atoms with Crippen LogP contribution >= 0.6 is 0 Å². The van der Waals surface area contributed by atoms with Gasteiger partial charge in [0.15, 0.2) is 0 Å². The summed E-state index contributed by atoms with van der Waals surface area (Å²) in [6, 6.07) is 3.73. The van der Waals surface area contributed by atoms with Gasteiger partial charge in [-0.2, -0.15) is 0 Å². The van der Waals surface area contributed by atoms with Gasteiger partial charge in [-0.25, -0.2) is 4.79 Å². The Hall–Kier alpha value is -2.15. The summed E-state index contributed by atoms with van der Waals surface area (Å²) < 4.78 is 5.03. The maximum atomic E-state index is 12.5. The maximum Gasteiger partial charge on any atom is 0.317 e. The van der Waals surface area contributed by atoms with E-state index in [1.165, 1.54) is 7.11 Å². The number of carbonyl (C=O) groups excluding carboxylic acids is 2. The van der Waals surface area contributed by atoms with Crippen LogP contribution in [-0.2, 0) is 16.1 Å². The van der Waals surface area contributed by atoms with Gasteiger partial charge in [0, 0.05) is 51.7 Å². The molecule has 1 aromatic rings. The first-order chi connectivity index (χ1) is 11.7. The van der Waals surface area contributed by atoms with Crippen LogP contribution < -0.4 is 5.32 Å². The molecule has 132 valence electrons. The Morgan fingerprint density at radius 3 is 3.00 bits per heavy atom. The second kappa shape index (κ2) is 9.22. The smallest absolute Gasteiger partial charge is 0.317 e. The van der Waals surface area contributed by atoms with Gasteiger partial charge in [0.05, 0.1) is 0 Å². The zero-order chi connectivity index (χ0) is 17.4. The lowest BCUT2D eigenvalue weighted by Crippen LogP contribution is -2.54. The first-order valence-electron chi connectivity index (χ1n) is 8.35. The van der Waals surface area contributed by atoms with E-state index in [2.05, 4.69) is 10.3 Å². The summed E-state index contributed by atoms with van der Waals surface area (Å²) in [6.07, 6.45) is 5.23. The lowest BCUT2D eigenvalue weighted by Gasteiger charge is -2.39. The number of carbonyl (C=O) groups is 2. The molecule has 0 bridgehead atoms. The zero-order valence-electron chi connectivity index (χ0n) is 14.4. The molecule has 24 heavy (non-hydrogen) atoms. The van der Waals surface area contributed by atoms with Crippen molar-refractivity contribution in [2.75, 3.05) is 33.4 Å². The number of methoxy groups -OCH3 is 1. The van der Waals surface area contributed by atoms with E-state index >= 15 is 0 Å². The number of pyridine rings is 1. The van der Waals surface area contributed by atoms with Gasteiger partial charge < -0.3 is 19.9 Å². The van der Waals surface area contributed by atoms with E-state index in [-0.39, 0.29) is 24.6 Å². The van der Waals surface area contributed by atoms with Gasteiger partial charge in [-0.1, -0.05) is 6.07 Å². The highest BCUT2D eigenvalue weighted by Gasteiger charge is 2.30. The predicted molar refractivity (Wildman–Crippen MR) is 90.3 cm³/mol. The molecule has 7 heteroatoms. The van der Waals surface area contributed by atoms with Crippen LogP contribution in [0.3, 0.4) is 0 Å². The Kier molecular flexibility index (Phi) is 6.99. The van der Waals surface area contributed by atoms with Crippen molar-refractivity contribution < 1.29 is 14.3 Å². The summed E-state index contributed by atoms with van der Waals surface area (Å²) in [5.74, 6) is -0.0656. The minimum atomic E-state index is -0.0669. The van der Waals surface area contributed by atoms with Crippen molar-refractivity contribution in [1.29, 1.82) is 0 Å².